The molecule has 2 aromatic rings. The summed E-state index contributed by atoms with van der Waals surface area (Å²) >= 11 is 0. The number of rotatable bonds is 7. The molecule has 0 saturated carbocycles. The second-order valence-corrected chi connectivity index (χ2v) is 7.75. The van der Waals surface area contributed by atoms with Gasteiger partial charge < -0.3 is 10.1 Å². The van der Waals surface area contributed by atoms with E-state index in [0.29, 0.717) is 23.5 Å². The van der Waals surface area contributed by atoms with Crippen molar-refractivity contribution in [1.29, 1.82) is 0 Å². The molecule has 0 aromatic heterocycles. The van der Waals surface area contributed by atoms with Crippen molar-refractivity contribution in [1.82, 2.24) is 0 Å². The van der Waals surface area contributed by atoms with Gasteiger partial charge in [-0.05, 0) is 48.9 Å². The number of nitrogens with zero attached hydrogens (tertiary/aromatic N) is 1. The molecule has 0 aliphatic heterocycles. The monoisotopic (exact) mass is 380 g/mol. The highest BCUT2D eigenvalue weighted by molar-refractivity contribution is 7.92. The molecule has 1 atom stereocenters. The van der Waals surface area contributed by atoms with Crippen molar-refractivity contribution >= 4 is 27.3 Å². The van der Waals surface area contributed by atoms with Crippen LogP contribution >= 0.6 is 0 Å². The molecular weight excluding hydrogens is 359 g/mol. The SMILES string of the molecule is CC[C@@H](Oc1ccc(N(C)S(C)(=O)=O)cc1)C(=O)Nc1cccc(F)c1. The third kappa shape index (κ3) is 5.19. The van der Waals surface area contributed by atoms with Gasteiger partial charge in [0.05, 0.1) is 11.9 Å². The topological polar surface area (TPSA) is 75.7 Å². The van der Waals surface area contributed by atoms with Crippen molar-refractivity contribution in [2.75, 3.05) is 22.9 Å². The normalized spacial score (nSPS) is 12.3. The molecule has 140 valence electrons. The van der Waals surface area contributed by atoms with Gasteiger partial charge in [0.15, 0.2) is 6.10 Å². The van der Waals surface area contributed by atoms with E-state index in [-0.39, 0.29) is 0 Å². The second kappa shape index (κ2) is 8.18. The van der Waals surface area contributed by atoms with Crippen molar-refractivity contribution in [3.8, 4) is 5.75 Å². The van der Waals surface area contributed by atoms with E-state index in [4.69, 9.17) is 4.74 Å². The van der Waals surface area contributed by atoms with Crippen LogP contribution in [0.3, 0.4) is 0 Å². The molecule has 0 radical (unpaired) electrons. The van der Waals surface area contributed by atoms with Crippen LogP contribution in [0, 0.1) is 5.82 Å². The minimum atomic E-state index is -3.35. The summed E-state index contributed by atoms with van der Waals surface area (Å²) in [7, 11) is -1.90. The fraction of sp³-hybridized carbons (Fsp3) is 0.278. The number of nitrogens with one attached hydrogen (secondary N) is 1. The van der Waals surface area contributed by atoms with E-state index in [0.717, 1.165) is 10.6 Å². The van der Waals surface area contributed by atoms with Gasteiger partial charge in [-0.25, -0.2) is 12.8 Å². The highest BCUT2D eigenvalue weighted by atomic mass is 32.2. The van der Waals surface area contributed by atoms with E-state index in [1.165, 1.54) is 25.2 Å². The molecule has 0 aliphatic carbocycles. The van der Waals surface area contributed by atoms with Gasteiger partial charge in [0.25, 0.3) is 5.91 Å². The Hall–Kier alpha value is -2.61. The number of amides is 1. The van der Waals surface area contributed by atoms with E-state index >= 15 is 0 Å². The largest absolute Gasteiger partial charge is 0.481 e. The van der Waals surface area contributed by atoms with E-state index in [2.05, 4.69) is 5.32 Å². The number of benzene rings is 2. The molecule has 0 aliphatic rings. The van der Waals surface area contributed by atoms with Crippen LogP contribution in [0.25, 0.3) is 0 Å². The van der Waals surface area contributed by atoms with Gasteiger partial charge in [-0.2, -0.15) is 0 Å². The third-order valence-electron chi connectivity index (χ3n) is 3.73. The molecule has 0 bridgehead atoms. The lowest BCUT2D eigenvalue weighted by atomic mass is 10.2. The van der Waals surface area contributed by atoms with Crippen molar-refractivity contribution in [3.63, 3.8) is 0 Å². The zero-order valence-corrected chi connectivity index (χ0v) is 15.6. The lowest BCUT2D eigenvalue weighted by molar-refractivity contribution is -0.122. The lowest BCUT2D eigenvalue weighted by Crippen LogP contribution is -2.32. The van der Waals surface area contributed by atoms with Crippen LogP contribution in [0.4, 0.5) is 15.8 Å². The maximum atomic E-state index is 13.2. The predicted octanol–water partition coefficient (Wildman–Crippen LogP) is 3.02. The fourth-order valence-electron chi connectivity index (χ4n) is 2.20. The first-order valence-corrected chi connectivity index (χ1v) is 9.82. The molecule has 26 heavy (non-hydrogen) atoms. The summed E-state index contributed by atoms with van der Waals surface area (Å²) < 4.78 is 43.1. The van der Waals surface area contributed by atoms with Crippen LogP contribution in [0.15, 0.2) is 48.5 Å². The smallest absolute Gasteiger partial charge is 0.265 e. The van der Waals surface area contributed by atoms with Gasteiger partial charge in [-0.1, -0.05) is 13.0 Å². The Morgan fingerprint density at radius 2 is 1.88 bits per heavy atom. The number of carbonyl (C=O) groups is 1. The molecular formula is C18H21FN2O4S. The third-order valence-corrected chi connectivity index (χ3v) is 4.94. The Labute approximate surface area is 152 Å². The summed E-state index contributed by atoms with van der Waals surface area (Å²) in [6, 6.07) is 12.0. The summed E-state index contributed by atoms with van der Waals surface area (Å²) in [5.41, 5.74) is 0.833. The predicted molar refractivity (Wildman–Crippen MR) is 99.4 cm³/mol. The minimum absolute atomic E-state index is 0.349. The van der Waals surface area contributed by atoms with Gasteiger partial charge in [0, 0.05) is 12.7 Å². The van der Waals surface area contributed by atoms with Gasteiger partial charge in [-0.3, -0.25) is 9.10 Å². The Morgan fingerprint density at radius 1 is 1.23 bits per heavy atom. The molecule has 0 fully saturated rings. The van der Waals surface area contributed by atoms with Crippen LogP contribution in [0.1, 0.15) is 13.3 Å². The van der Waals surface area contributed by atoms with E-state index in [1.54, 1.807) is 37.3 Å². The Kier molecular flexibility index (Phi) is 6.20. The molecule has 0 heterocycles. The number of hydrogen-bond donors (Lipinski definition) is 1. The van der Waals surface area contributed by atoms with Crippen LogP contribution in [-0.2, 0) is 14.8 Å². The average Bonchev–Trinajstić information content (AvgIpc) is 2.58. The van der Waals surface area contributed by atoms with Crippen LogP contribution in [0.2, 0.25) is 0 Å². The molecule has 1 N–H and O–H groups in total. The Morgan fingerprint density at radius 3 is 2.42 bits per heavy atom. The number of hydrogen-bond acceptors (Lipinski definition) is 4. The van der Waals surface area contributed by atoms with Gasteiger partial charge >= 0.3 is 0 Å². The van der Waals surface area contributed by atoms with Crippen LogP contribution in [-0.4, -0.2) is 33.7 Å². The number of sulfonamides is 1. The molecule has 6 nitrogen and oxygen atoms in total. The number of ether oxygens (including phenoxy) is 1. The number of carbonyl (C=O) groups excluding carboxylic acids is 1. The van der Waals surface area contributed by atoms with Gasteiger partial charge in [-0.15, -0.1) is 0 Å². The maximum absolute atomic E-state index is 13.2. The molecule has 0 unspecified atom stereocenters. The van der Waals surface area contributed by atoms with Crippen molar-refractivity contribution in [2.45, 2.75) is 19.4 Å². The molecule has 2 aromatic carbocycles. The lowest BCUT2D eigenvalue weighted by Gasteiger charge is -2.19. The molecule has 0 saturated heterocycles. The second-order valence-electron chi connectivity index (χ2n) is 5.74. The van der Waals surface area contributed by atoms with Crippen molar-refractivity contribution in [3.05, 3.63) is 54.3 Å². The van der Waals surface area contributed by atoms with E-state index < -0.39 is 27.9 Å². The highest BCUT2D eigenvalue weighted by Gasteiger charge is 2.19. The summed E-state index contributed by atoms with van der Waals surface area (Å²) in [5, 5.41) is 2.61. The van der Waals surface area contributed by atoms with Crippen LogP contribution in [0.5, 0.6) is 5.75 Å². The first-order chi connectivity index (χ1) is 12.2. The first kappa shape index (κ1) is 19.7. The standard InChI is InChI=1S/C18H21FN2O4S/c1-4-17(18(22)20-14-7-5-6-13(19)12-14)25-16-10-8-15(9-11-16)21(2)26(3,23)24/h5-12,17H,4H2,1-3H3,(H,20,22)/t17-/m1/s1. The van der Waals surface area contributed by atoms with Crippen LogP contribution < -0.4 is 14.4 Å². The van der Waals surface area contributed by atoms with E-state index in [9.17, 15) is 17.6 Å². The maximum Gasteiger partial charge on any atom is 0.265 e. The van der Waals surface area contributed by atoms with E-state index in [1.807, 2.05) is 0 Å². The first-order valence-electron chi connectivity index (χ1n) is 7.97. The van der Waals surface area contributed by atoms with Crippen molar-refractivity contribution in [2.24, 2.45) is 0 Å². The molecule has 2 rings (SSSR count). The highest BCUT2D eigenvalue weighted by Crippen LogP contribution is 2.22. The zero-order chi connectivity index (χ0) is 19.3. The zero-order valence-electron chi connectivity index (χ0n) is 14.8. The minimum Gasteiger partial charge on any atom is -0.481 e. The summed E-state index contributed by atoms with van der Waals surface area (Å²) in [5.74, 6) is -0.408. The summed E-state index contributed by atoms with van der Waals surface area (Å²) in [4.78, 5) is 12.3. The Balaban J connectivity index is 2.06. The Bertz CT molecular complexity index is 869. The molecule has 0 spiro atoms. The van der Waals surface area contributed by atoms with Gasteiger partial charge in [0.1, 0.15) is 11.6 Å². The summed E-state index contributed by atoms with van der Waals surface area (Å²) in [6.45, 7) is 1.79. The molecule has 8 heteroatoms. The average molecular weight is 380 g/mol. The fourth-order valence-corrected chi connectivity index (χ4v) is 2.71. The van der Waals surface area contributed by atoms with Gasteiger partial charge in [0.2, 0.25) is 10.0 Å². The quantitative estimate of drug-likeness (QED) is 0.801. The van der Waals surface area contributed by atoms with Crippen molar-refractivity contribution < 1.29 is 22.3 Å². The number of anilines is 2. The summed E-state index contributed by atoms with van der Waals surface area (Å²) in [6.07, 6.45) is 0.754. The number of halogens is 1. The molecule has 1 amide bonds.